The first-order chi connectivity index (χ1) is 16.1. The number of nitrogens with one attached hydrogen (secondary N) is 1. The molecule has 0 spiro atoms. The van der Waals surface area contributed by atoms with Gasteiger partial charge in [-0.25, -0.2) is 0 Å². The molecule has 33 heavy (non-hydrogen) atoms. The van der Waals surface area contributed by atoms with Crippen molar-refractivity contribution in [1.29, 1.82) is 0 Å². The number of benzene rings is 2. The second-order valence-electron chi connectivity index (χ2n) is 9.26. The summed E-state index contributed by atoms with van der Waals surface area (Å²) < 4.78 is 6.04. The molecule has 0 saturated heterocycles. The van der Waals surface area contributed by atoms with Crippen LogP contribution in [0.3, 0.4) is 0 Å². The lowest BCUT2D eigenvalue weighted by Gasteiger charge is -2.29. The molecule has 0 aliphatic heterocycles. The summed E-state index contributed by atoms with van der Waals surface area (Å²) in [6.07, 6.45) is 11.9. The van der Waals surface area contributed by atoms with Crippen LogP contribution >= 0.6 is 0 Å². The van der Waals surface area contributed by atoms with E-state index in [0.717, 1.165) is 25.9 Å². The lowest BCUT2D eigenvalue weighted by atomic mass is 9.82. The molecule has 0 heterocycles. The number of hydrogen-bond acceptors (Lipinski definition) is 2. The van der Waals surface area contributed by atoms with Gasteiger partial charge in [-0.15, -0.1) is 0 Å². The van der Waals surface area contributed by atoms with Crippen molar-refractivity contribution in [3.05, 3.63) is 71.8 Å². The smallest absolute Gasteiger partial charge is 0.243 e. The molecule has 1 amide bonds. The van der Waals surface area contributed by atoms with Gasteiger partial charge in [-0.05, 0) is 91.2 Å². The van der Waals surface area contributed by atoms with Crippen LogP contribution in [0, 0.1) is 0 Å². The number of carbonyl (C=O) groups excluding carboxylic acids is 1. The Bertz CT molecular complexity index is 879. The highest BCUT2D eigenvalue weighted by Gasteiger charge is 2.22. The summed E-state index contributed by atoms with van der Waals surface area (Å²) >= 11 is 0. The molecule has 0 atom stereocenters. The lowest BCUT2D eigenvalue weighted by Crippen LogP contribution is -2.22. The molecular weight excluding hydrogens is 406 g/mol. The molecular formula is C30H41NO2. The lowest BCUT2D eigenvalue weighted by molar-refractivity contribution is -0.116. The number of amides is 1. The summed E-state index contributed by atoms with van der Waals surface area (Å²) in [5.74, 6) is 0.566. The van der Waals surface area contributed by atoms with Gasteiger partial charge in [-0.1, -0.05) is 69.3 Å². The van der Waals surface area contributed by atoms with Gasteiger partial charge in [0.25, 0.3) is 0 Å². The van der Waals surface area contributed by atoms with Crippen LogP contribution < -0.4 is 5.32 Å². The van der Waals surface area contributed by atoms with Gasteiger partial charge >= 0.3 is 0 Å². The number of carbonyl (C=O) groups is 1. The number of hydrogen-bond donors (Lipinski definition) is 1. The van der Waals surface area contributed by atoms with Crippen LogP contribution in [0.1, 0.15) is 81.4 Å². The van der Waals surface area contributed by atoms with E-state index < -0.39 is 0 Å². The van der Waals surface area contributed by atoms with Gasteiger partial charge in [0.1, 0.15) is 0 Å². The summed E-state index contributed by atoms with van der Waals surface area (Å²) in [6, 6.07) is 16.1. The first-order valence-corrected chi connectivity index (χ1v) is 12.9. The first kappa shape index (κ1) is 25.2. The van der Waals surface area contributed by atoms with Crippen LogP contribution in [0.25, 0.3) is 11.1 Å². The molecule has 2 aromatic carbocycles. The number of unbranched alkanes of at least 4 members (excludes halogenated alkanes) is 1. The number of ether oxygens (including phenoxy) is 1. The van der Waals surface area contributed by atoms with E-state index in [1.54, 1.807) is 0 Å². The molecule has 1 aliphatic carbocycles. The molecule has 2 aromatic rings. The van der Waals surface area contributed by atoms with Crippen LogP contribution in [0.5, 0.6) is 0 Å². The monoisotopic (exact) mass is 447 g/mol. The predicted molar refractivity (Wildman–Crippen MR) is 139 cm³/mol. The molecule has 0 bridgehead atoms. The van der Waals surface area contributed by atoms with Crippen molar-refractivity contribution >= 4 is 5.91 Å². The summed E-state index contributed by atoms with van der Waals surface area (Å²) in [6.45, 7) is 9.54. The maximum atomic E-state index is 11.3. The molecule has 3 rings (SSSR count). The third-order valence-corrected chi connectivity index (χ3v) is 6.90. The quantitative estimate of drug-likeness (QED) is 0.281. The van der Waals surface area contributed by atoms with E-state index in [0.29, 0.717) is 18.6 Å². The predicted octanol–water partition coefficient (Wildman–Crippen LogP) is 6.99. The van der Waals surface area contributed by atoms with Crippen molar-refractivity contribution in [1.82, 2.24) is 5.32 Å². The van der Waals surface area contributed by atoms with E-state index in [1.165, 1.54) is 72.4 Å². The normalized spacial score (nSPS) is 18.1. The average molecular weight is 448 g/mol. The van der Waals surface area contributed by atoms with Gasteiger partial charge in [0.2, 0.25) is 5.91 Å². The highest BCUT2D eigenvalue weighted by Crippen LogP contribution is 2.35. The van der Waals surface area contributed by atoms with Crippen molar-refractivity contribution in [2.45, 2.75) is 83.7 Å². The molecule has 1 aliphatic rings. The largest absolute Gasteiger partial charge is 0.378 e. The van der Waals surface area contributed by atoms with Gasteiger partial charge in [0, 0.05) is 13.2 Å². The van der Waals surface area contributed by atoms with Gasteiger partial charge in [-0.2, -0.15) is 0 Å². The molecule has 1 saturated carbocycles. The Hall–Kier alpha value is -2.39. The highest BCUT2D eigenvalue weighted by molar-refractivity contribution is 5.86. The minimum Gasteiger partial charge on any atom is -0.378 e. The Labute approximate surface area is 200 Å². The van der Waals surface area contributed by atoms with Gasteiger partial charge in [0.05, 0.1) is 6.10 Å². The molecule has 0 unspecified atom stereocenters. The van der Waals surface area contributed by atoms with Crippen LogP contribution in [0.15, 0.2) is 55.1 Å². The van der Waals surface area contributed by atoms with E-state index in [4.69, 9.17) is 4.74 Å². The number of aryl methyl sites for hydroxylation is 2. The van der Waals surface area contributed by atoms with E-state index in [2.05, 4.69) is 68.2 Å². The van der Waals surface area contributed by atoms with Gasteiger partial charge in [-0.3, -0.25) is 4.79 Å². The van der Waals surface area contributed by atoms with E-state index >= 15 is 0 Å². The SMILES string of the molecule is C=CC(=O)NCCCc1ccc(-c2ccc(C3CCC(OCCCC)CC3)cc2)c(CC)c1. The second-order valence-corrected chi connectivity index (χ2v) is 9.26. The van der Waals surface area contributed by atoms with Crippen LogP contribution in [-0.4, -0.2) is 25.2 Å². The Morgan fingerprint density at radius 2 is 1.82 bits per heavy atom. The second kappa shape index (κ2) is 13.3. The standard InChI is InChI=1S/C30H41NO2/c1-4-7-21-33-28-17-15-26(16-18-28)25-11-13-27(14-12-25)29-19-10-23(22-24(29)5-2)9-8-20-31-30(32)6-3/h6,10-14,19,22,26,28H,3-5,7-9,15-18,20-21H2,1-2H3,(H,31,32). The fourth-order valence-electron chi connectivity index (χ4n) is 4.84. The van der Waals surface area contributed by atoms with Crippen LogP contribution in [-0.2, 0) is 22.4 Å². The van der Waals surface area contributed by atoms with Crippen molar-refractivity contribution in [2.75, 3.05) is 13.2 Å². The van der Waals surface area contributed by atoms with Crippen molar-refractivity contribution in [2.24, 2.45) is 0 Å². The fraction of sp³-hybridized carbons (Fsp3) is 0.500. The third-order valence-electron chi connectivity index (χ3n) is 6.90. The highest BCUT2D eigenvalue weighted by atomic mass is 16.5. The zero-order chi connectivity index (χ0) is 23.5. The summed E-state index contributed by atoms with van der Waals surface area (Å²) in [5, 5.41) is 2.85. The Morgan fingerprint density at radius 1 is 1.06 bits per heavy atom. The molecule has 1 fully saturated rings. The average Bonchev–Trinajstić information content (AvgIpc) is 2.87. The molecule has 3 heteroatoms. The van der Waals surface area contributed by atoms with Crippen molar-refractivity contribution < 1.29 is 9.53 Å². The molecule has 178 valence electrons. The van der Waals surface area contributed by atoms with Crippen molar-refractivity contribution in [3.63, 3.8) is 0 Å². The van der Waals surface area contributed by atoms with E-state index in [1.807, 2.05) is 0 Å². The molecule has 3 nitrogen and oxygen atoms in total. The minimum atomic E-state index is -0.101. The fourth-order valence-corrected chi connectivity index (χ4v) is 4.84. The maximum absolute atomic E-state index is 11.3. The van der Waals surface area contributed by atoms with E-state index in [-0.39, 0.29) is 5.91 Å². The third kappa shape index (κ3) is 7.57. The molecule has 0 aromatic heterocycles. The summed E-state index contributed by atoms with van der Waals surface area (Å²) in [7, 11) is 0. The van der Waals surface area contributed by atoms with Gasteiger partial charge < -0.3 is 10.1 Å². The van der Waals surface area contributed by atoms with E-state index in [9.17, 15) is 4.79 Å². The van der Waals surface area contributed by atoms with Crippen molar-refractivity contribution in [3.8, 4) is 11.1 Å². The minimum absolute atomic E-state index is 0.101. The molecule has 1 N–H and O–H groups in total. The molecule has 0 radical (unpaired) electrons. The number of rotatable bonds is 12. The van der Waals surface area contributed by atoms with Crippen LogP contribution in [0.4, 0.5) is 0 Å². The Morgan fingerprint density at radius 3 is 2.48 bits per heavy atom. The van der Waals surface area contributed by atoms with Gasteiger partial charge in [0.15, 0.2) is 0 Å². The zero-order valence-corrected chi connectivity index (χ0v) is 20.6. The zero-order valence-electron chi connectivity index (χ0n) is 20.6. The first-order valence-electron chi connectivity index (χ1n) is 12.9. The Balaban J connectivity index is 1.56. The van der Waals surface area contributed by atoms with Crippen LogP contribution in [0.2, 0.25) is 0 Å². The summed E-state index contributed by atoms with van der Waals surface area (Å²) in [4.78, 5) is 11.3. The topological polar surface area (TPSA) is 38.3 Å². The maximum Gasteiger partial charge on any atom is 0.243 e. The Kier molecular flexibility index (Phi) is 10.2. The summed E-state index contributed by atoms with van der Waals surface area (Å²) in [5.41, 5.74) is 6.83.